The Kier molecular flexibility index (Phi) is 3.54. The van der Waals surface area contributed by atoms with Gasteiger partial charge in [0.15, 0.2) is 17.1 Å². The fraction of sp³-hybridized carbons (Fsp3) is 0.0526. The summed E-state index contributed by atoms with van der Waals surface area (Å²) in [4.78, 5) is 9.21. The molecule has 3 heterocycles. The van der Waals surface area contributed by atoms with E-state index in [1.807, 2.05) is 48.5 Å². The zero-order valence-corrected chi connectivity index (χ0v) is 15.0. The molecule has 2 aromatic carbocycles. The molecular formula is C19H13ClN6O. The molecule has 3 aromatic heterocycles. The van der Waals surface area contributed by atoms with E-state index in [1.165, 1.54) is 0 Å². The van der Waals surface area contributed by atoms with Gasteiger partial charge in [0.05, 0.1) is 29.9 Å². The van der Waals surface area contributed by atoms with Gasteiger partial charge in [-0.25, -0.2) is 19.2 Å². The minimum absolute atomic E-state index is 0.570. The van der Waals surface area contributed by atoms with E-state index in [9.17, 15) is 0 Å². The van der Waals surface area contributed by atoms with E-state index in [0.29, 0.717) is 22.1 Å². The molecule has 8 heteroatoms. The minimum atomic E-state index is 0.570. The molecule has 5 aromatic rings. The van der Waals surface area contributed by atoms with Gasteiger partial charge in [-0.2, -0.15) is 5.10 Å². The Morgan fingerprint density at radius 3 is 2.63 bits per heavy atom. The minimum Gasteiger partial charge on any atom is -0.496 e. The molecule has 0 spiro atoms. The number of nitrogens with zero attached hydrogens (tertiary/aromatic N) is 6. The van der Waals surface area contributed by atoms with Crippen molar-refractivity contribution in [2.75, 3.05) is 7.11 Å². The van der Waals surface area contributed by atoms with E-state index >= 15 is 0 Å². The van der Waals surface area contributed by atoms with Gasteiger partial charge in [0, 0.05) is 5.02 Å². The van der Waals surface area contributed by atoms with Crippen molar-refractivity contribution in [2.24, 2.45) is 0 Å². The van der Waals surface area contributed by atoms with Crippen LogP contribution in [0.4, 0.5) is 0 Å². The third-order valence-corrected chi connectivity index (χ3v) is 4.58. The van der Waals surface area contributed by atoms with Crippen molar-refractivity contribution in [1.29, 1.82) is 0 Å². The van der Waals surface area contributed by atoms with E-state index in [2.05, 4.69) is 15.2 Å². The van der Waals surface area contributed by atoms with Crippen molar-refractivity contribution in [2.45, 2.75) is 0 Å². The van der Waals surface area contributed by atoms with Crippen LogP contribution >= 0.6 is 11.6 Å². The molecule has 0 radical (unpaired) electrons. The normalized spacial score (nSPS) is 11.3. The lowest BCUT2D eigenvalue weighted by molar-refractivity contribution is 0.416. The predicted molar refractivity (Wildman–Crippen MR) is 102 cm³/mol. The number of halogens is 1. The quantitative estimate of drug-likeness (QED) is 0.479. The Morgan fingerprint density at radius 1 is 1.00 bits per heavy atom. The third kappa shape index (κ3) is 2.51. The number of benzene rings is 2. The topological polar surface area (TPSA) is 70.1 Å². The van der Waals surface area contributed by atoms with Gasteiger partial charge < -0.3 is 4.74 Å². The van der Waals surface area contributed by atoms with Gasteiger partial charge in [-0.3, -0.25) is 0 Å². The van der Waals surface area contributed by atoms with Crippen LogP contribution < -0.4 is 4.74 Å². The van der Waals surface area contributed by atoms with E-state index in [0.717, 1.165) is 22.4 Å². The molecule has 0 saturated carbocycles. The highest BCUT2D eigenvalue weighted by molar-refractivity contribution is 6.30. The van der Waals surface area contributed by atoms with Gasteiger partial charge >= 0.3 is 0 Å². The fourth-order valence-corrected chi connectivity index (χ4v) is 3.16. The Morgan fingerprint density at radius 2 is 1.81 bits per heavy atom. The van der Waals surface area contributed by atoms with Crippen LogP contribution in [-0.4, -0.2) is 36.5 Å². The molecule has 0 fully saturated rings. The summed E-state index contributed by atoms with van der Waals surface area (Å²) in [5.41, 5.74) is 3.07. The first-order chi connectivity index (χ1) is 13.2. The van der Waals surface area contributed by atoms with Crippen LogP contribution in [0.5, 0.6) is 5.75 Å². The van der Waals surface area contributed by atoms with Gasteiger partial charge in [0.1, 0.15) is 12.1 Å². The number of methoxy groups -OCH3 is 1. The van der Waals surface area contributed by atoms with Gasteiger partial charge in [-0.05, 0) is 36.4 Å². The molecule has 5 rings (SSSR count). The highest BCUT2D eigenvalue weighted by Gasteiger charge is 2.16. The molecule has 0 amide bonds. The molecule has 0 aliphatic carbocycles. The maximum atomic E-state index is 5.98. The molecule has 27 heavy (non-hydrogen) atoms. The number of hydrogen-bond acceptors (Lipinski definition) is 5. The van der Waals surface area contributed by atoms with Crippen LogP contribution in [0.2, 0.25) is 5.02 Å². The van der Waals surface area contributed by atoms with E-state index in [4.69, 9.17) is 21.3 Å². The predicted octanol–water partition coefficient (Wildman–Crippen LogP) is 3.79. The number of fused-ring (bicyclic) bond motifs is 3. The Hall–Kier alpha value is -3.45. The molecule has 0 bridgehead atoms. The van der Waals surface area contributed by atoms with Crippen LogP contribution in [0.25, 0.3) is 33.8 Å². The lowest BCUT2D eigenvalue weighted by atomic mass is 10.2. The number of hydrogen-bond donors (Lipinski definition) is 0. The summed E-state index contributed by atoms with van der Waals surface area (Å²) in [6.45, 7) is 0. The molecule has 0 aliphatic heterocycles. The average molecular weight is 377 g/mol. The van der Waals surface area contributed by atoms with Crippen molar-refractivity contribution in [3.8, 4) is 22.8 Å². The second kappa shape index (κ2) is 6.07. The summed E-state index contributed by atoms with van der Waals surface area (Å²) in [7, 11) is 1.63. The largest absolute Gasteiger partial charge is 0.496 e. The first kappa shape index (κ1) is 15.8. The van der Waals surface area contributed by atoms with Crippen molar-refractivity contribution < 1.29 is 4.74 Å². The van der Waals surface area contributed by atoms with E-state index < -0.39 is 0 Å². The van der Waals surface area contributed by atoms with Gasteiger partial charge in [-0.1, -0.05) is 23.7 Å². The number of para-hydroxylation sites is 1. The molecule has 132 valence electrons. The lowest BCUT2D eigenvalue weighted by Gasteiger charge is -2.03. The average Bonchev–Trinajstić information content (AvgIpc) is 3.32. The van der Waals surface area contributed by atoms with Crippen molar-refractivity contribution in [3.63, 3.8) is 0 Å². The standard InChI is InChI=1S/C19H13ClN6O/c1-27-16-5-3-2-4-14(16)17-23-19-15-10-22-26(13-8-6-12(20)7-9-13)18(15)21-11-25(19)24-17/h2-11H,1H3. The van der Waals surface area contributed by atoms with E-state index in [-0.39, 0.29) is 0 Å². The van der Waals surface area contributed by atoms with E-state index in [1.54, 1.807) is 28.8 Å². The Balaban J connectivity index is 1.70. The highest BCUT2D eigenvalue weighted by atomic mass is 35.5. The highest BCUT2D eigenvalue weighted by Crippen LogP contribution is 2.28. The van der Waals surface area contributed by atoms with Crippen LogP contribution in [0.3, 0.4) is 0 Å². The molecule has 0 unspecified atom stereocenters. The fourth-order valence-electron chi connectivity index (χ4n) is 3.04. The van der Waals surface area contributed by atoms with Crippen LogP contribution in [0, 0.1) is 0 Å². The number of aromatic nitrogens is 6. The molecule has 0 saturated heterocycles. The first-order valence-corrected chi connectivity index (χ1v) is 8.61. The zero-order valence-electron chi connectivity index (χ0n) is 14.2. The first-order valence-electron chi connectivity index (χ1n) is 8.23. The Labute approximate surface area is 158 Å². The summed E-state index contributed by atoms with van der Waals surface area (Å²) in [5.74, 6) is 1.29. The second-order valence-electron chi connectivity index (χ2n) is 5.92. The van der Waals surface area contributed by atoms with Crippen molar-refractivity contribution >= 4 is 28.3 Å². The SMILES string of the molecule is COc1ccccc1-c1nc2c3cnn(-c4ccc(Cl)cc4)c3ncn2n1. The summed E-state index contributed by atoms with van der Waals surface area (Å²) < 4.78 is 8.83. The number of rotatable bonds is 3. The van der Waals surface area contributed by atoms with Gasteiger partial charge in [0.25, 0.3) is 0 Å². The molecule has 0 N–H and O–H groups in total. The third-order valence-electron chi connectivity index (χ3n) is 4.32. The van der Waals surface area contributed by atoms with Crippen LogP contribution in [0.15, 0.2) is 61.1 Å². The molecule has 0 aliphatic rings. The smallest absolute Gasteiger partial charge is 0.185 e. The Bertz CT molecular complexity index is 1270. The maximum absolute atomic E-state index is 5.98. The summed E-state index contributed by atoms with van der Waals surface area (Å²) in [5, 5.41) is 10.5. The molecule has 7 nitrogen and oxygen atoms in total. The zero-order chi connectivity index (χ0) is 18.4. The summed E-state index contributed by atoms with van der Waals surface area (Å²) in [6.07, 6.45) is 3.38. The maximum Gasteiger partial charge on any atom is 0.185 e. The molecular weight excluding hydrogens is 364 g/mol. The van der Waals surface area contributed by atoms with Crippen LogP contribution in [-0.2, 0) is 0 Å². The lowest BCUT2D eigenvalue weighted by Crippen LogP contribution is -1.98. The van der Waals surface area contributed by atoms with Gasteiger partial charge in [0.2, 0.25) is 0 Å². The second-order valence-corrected chi connectivity index (χ2v) is 6.35. The van der Waals surface area contributed by atoms with Crippen molar-refractivity contribution in [3.05, 3.63) is 66.1 Å². The van der Waals surface area contributed by atoms with Crippen LogP contribution in [0.1, 0.15) is 0 Å². The molecule has 0 atom stereocenters. The van der Waals surface area contributed by atoms with Crippen molar-refractivity contribution in [1.82, 2.24) is 29.4 Å². The summed E-state index contributed by atoms with van der Waals surface area (Å²) in [6, 6.07) is 15.1. The number of ether oxygens (including phenoxy) is 1. The summed E-state index contributed by atoms with van der Waals surface area (Å²) >= 11 is 5.98. The monoisotopic (exact) mass is 376 g/mol. The van der Waals surface area contributed by atoms with Gasteiger partial charge in [-0.15, -0.1) is 5.10 Å².